The van der Waals surface area contributed by atoms with Crippen molar-refractivity contribution < 1.29 is 9.18 Å². The molecule has 0 heterocycles. The highest BCUT2D eigenvalue weighted by atomic mass is 32.2. The molecule has 2 nitrogen and oxygen atoms in total. The zero-order valence-electron chi connectivity index (χ0n) is 11.1. The number of hydrogen-bond donors (Lipinski definition) is 0. The lowest BCUT2D eigenvalue weighted by atomic mass is 10.1. The molecule has 1 rings (SSSR count). The average molecular weight is 269 g/mol. The van der Waals surface area contributed by atoms with Gasteiger partial charge in [-0.1, -0.05) is 6.92 Å². The molecule has 0 amide bonds. The first-order valence-electron chi connectivity index (χ1n) is 6.06. The Morgan fingerprint density at radius 2 is 2.00 bits per heavy atom. The molecule has 0 bridgehead atoms. The van der Waals surface area contributed by atoms with Crippen molar-refractivity contribution in [2.45, 2.75) is 19.4 Å². The number of hydrogen-bond acceptors (Lipinski definition) is 3. The summed E-state index contributed by atoms with van der Waals surface area (Å²) in [5.74, 6) is 0.745. The molecule has 18 heavy (non-hydrogen) atoms. The van der Waals surface area contributed by atoms with Gasteiger partial charge in [0.25, 0.3) is 0 Å². The molecular formula is C14H20FNOS. The van der Waals surface area contributed by atoms with Crippen molar-refractivity contribution in [2.24, 2.45) is 0 Å². The van der Waals surface area contributed by atoms with Crippen molar-refractivity contribution in [3.05, 3.63) is 35.6 Å². The summed E-state index contributed by atoms with van der Waals surface area (Å²) in [7, 11) is 1.96. The maximum absolute atomic E-state index is 12.8. The third-order valence-electron chi connectivity index (χ3n) is 3.01. The molecular weight excluding hydrogens is 249 g/mol. The maximum atomic E-state index is 12.8. The van der Waals surface area contributed by atoms with Gasteiger partial charge in [-0.2, -0.15) is 11.8 Å². The number of halogens is 1. The van der Waals surface area contributed by atoms with Gasteiger partial charge in [0.15, 0.2) is 5.78 Å². The predicted molar refractivity (Wildman–Crippen MR) is 75.8 cm³/mol. The number of rotatable bonds is 7. The molecule has 0 aromatic heterocycles. The number of ketones is 1. The van der Waals surface area contributed by atoms with E-state index in [1.165, 1.54) is 12.1 Å². The quantitative estimate of drug-likeness (QED) is 0.710. The molecule has 1 unspecified atom stereocenters. The highest BCUT2D eigenvalue weighted by molar-refractivity contribution is 7.98. The molecule has 1 aromatic carbocycles. The van der Waals surface area contributed by atoms with E-state index in [-0.39, 0.29) is 11.6 Å². The van der Waals surface area contributed by atoms with E-state index in [4.69, 9.17) is 0 Å². The second-order valence-corrected chi connectivity index (χ2v) is 5.27. The number of thioether (sulfide) groups is 1. The van der Waals surface area contributed by atoms with Crippen LogP contribution in [0.15, 0.2) is 24.3 Å². The van der Waals surface area contributed by atoms with Crippen LogP contribution in [0.2, 0.25) is 0 Å². The fraction of sp³-hybridized carbons (Fsp3) is 0.500. The highest BCUT2D eigenvalue weighted by Crippen LogP contribution is 2.10. The molecule has 0 saturated carbocycles. The van der Waals surface area contributed by atoms with E-state index in [1.54, 1.807) is 23.9 Å². The molecule has 0 spiro atoms. The Bertz CT molecular complexity index is 380. The van der Waals surface area contributed by atoms with Crippen LogP contribution in [0.25, 0.3) is 0 Å². The average Bonchev–Trinajstić information content (AvgIpc) is 2.36. The molecule has 1 atom stereocenters. The van der Waals surface area contributed by atoms with E-state index in [2.05, 4.69) is 18.1 Å². The van der Waals surface area contributed by atoms with Gasteiger partial charge in [-0.05, 0) is 44.0 Å². The van der Waals surface area contributed by atoms with Crippen molar-refractivity contribution in [1.29, 1.82) is 0 Å². The summed E-state index contributed by atoms with van der Waals surface area (Å²) in [6.07, 6.45) is 3.09. The fourth-order valence-electron chi connectivity index (χ4n) is 1.83. The number of benzene rings is 1. The summed E-state index contributed by atoms with van der Waals surface area (Å²) < 4.78 is 12.8. The lowest BCUT2D eigenvalue weighted by Crippen LogP contribution is -2.37. The Balaban J connectivity index is 2.60. The molecule has 0 fully saturated rings. The number of nitrogens with zero attached hydrogens (tertiary/aromatic N) is 1. The fourth-order valence-corrected chi connectivity index (χ4v) is 2.71. The van der Waals surface area contributed by atoms with Gasteiger partial charge in [-0.15, -0.1) is 0 Å². The van der Waals surface area contributed by atoms with Gasteiger partial charge in [-0.3, -0.25) is 9.69 Å². The number of likely N-dealkylation sites (N-methyl/N-ethyl adjacent to an activating group) is 1. The normalized spacial score (nSPS) is 12.7. The zero-order chi connectivity index (χ0) is 13.5. The van der Waals surface area contributed by atoms with Crippen LogP contribution < -0.4 is 0 Å². The first-order valence-corrected chi connectivity index (χ1v) is 7.45. The lowest BCUT2D eigenvalue weighted by Gasteiger charge is -2.25. The van der Waals surface area contributed by atoms with E-state index in [9.17, 15) is 9.18 Å². The van der Waals surface area contributed by atoms with Crippen LogP contribution >= 0.6 is 11.8 Å². The second-order valence-electron chi connectivity index (χ2n) is 4.36. The minimum absolute atomic E-state index is 0.0389. The molecule has 4 heteroatoms. The standard InChI is InChI=1S/C14H20FNOS/c1-4-13(10-18-3)16(2)9-14(17)11-5-7-12(15)8-6-11/h5-8,13H,4,9-10H2,1-3H3. The van der Waals surface area contributed by atoms with Crippen molar-refractivity contribution in [3.8, 4) is 0 Å². The summed E-state index contributed by atoms with van der Waals surface area (Å²) in [6.45, 7) is 2.50. The van der Waals surface area contributed by atoms with Gasteiger partial charge in [-0.25, -0.2) is 4.39 Å². The topological polar surface area (TPSA) is 20.3 Å². The van der Waals surface area contributed by atoms with E-state index >= 15 is 0 Å². The minimum Gasteiger partial charge on any atom is -0.295 e. The highest BCUT2D eigenvalue weighted by Gasteiger charge is 2.16. The first-order chi connectivity index (χ1) is 8.58. The predicted octanol–water partition coefficient (Wildman–Crippen LogP) is 3.08. The lowest BCUT2D eigenvalue weighted by molar-refractivity contribution is 0.0925. The monoisotopic (exact) mass is 269 g/mol. The molecule has 0 radical (unpaired) electrons. The Hall–Kier alpha value is -0.870. The van der Waals surface area contributed by atoms with E-state index < -0.39 is 0 Å². The number of carbonyl (C=O) groups excluding carboxylic acids is 1. The van der Waals surface area contributed by atoms with Crippen LogP contribution in [0.4, 0.5) is 4.39 Å². The third kappa shape index (κ3) is 4.42. The van der Waals surface area contributed by atoms with Crippen LogP contribution in [0.3, 0.4) is 0 Å². The van der Waals surface area contributed by atoms with Gasteiger partial charge >= 0.3 is 0 Å². The molecule has 1 aromatic rings. The molecule has 0 aliphatic rings. The van der Waals surface area contributed by atoms with Crippen molar-refractivity contribution in [2.75, 3.05) is 25.6 Å². The molecule has 100 valence electrons. The van der Waals surface area contributed by atoms with Gasteiger partial charge in [0.05, 0.1) is 6.54 Å². The van der Waals surface area contributed by atoms with E-state index in [1.807, 2.05) is 7.05 Å². The zero-order valence-corrected chi connectivity index (χ0v) is 12.0. The van der Waals surface area contributed by atoms with Crippen LogP contribution in [0.5, 0.6) is 0 Å². The SMILES string of the molecule is CCC(CSC)N(C)CC(=O)c1ccc(F)cc1. The molecule has 0 saturated heterocycles. The summed E-state index contributed by atoms with van der Waals surface area (Å²) in [5, 5.41) is 0. The Morgan fingerprint density at radius 3 is 2.50 bits per heavy atom. The van der Waals surface area contributed by atoms with Gasteiger partial charge < -0.3 is 0 Å². The third-order valence-corrected chi connectivity index (χ3v) is 3.73. The van der Waals surface area contributed by atoms with Crippen LogP contribution in [0, 0.1) is 5.82 Å². The van der Waals surface area contributed by atoms with Gasteiger partial charge in [0, 0.05) is 17.4 Å². The van der Waals surface area contributed by atoms with E-state index in [0.29, 0.717) is 18.2 Å². The number of Topliss-reactive ketones (excluding diaryl/α,β-unsaturated/α-hetero) is 1. The smallest absolute Gasteiger partial charge is 0.176 e. The molecule has 0 aliphatic carbocycles. The summed E-state index contributed by atoms with van der Waals surface area (Å²) in [4.78, 5) is 14.1. The maximum Gasteiger partial charge on any atom is 0.176 e. The van der Waals surface area contributed by atoms with Crippen LogP contribution in [0.1, 0.15) is 23.7 Å². The Labute approximate surface area is 113 Å². The second kappa shape index (κ2) is 7.54. The van der Waals surface area contributed by atoms with Gasteiger partial charge in [0.2, 0.25) is 0 Å². The summed E-state index contributed by atoms with van der Waals surface area (Å²) >= 11 is 1.78. The largest absolute Gasteiger partial charge is 0.295 e. The summed E-state index contributed by atoms with van der Waals surface area (Å²) in [6, 6.07) is 6.14. The number of carbonyl (C=O) groups is 1. The van der Waals surface area contributed by atoms with Crippen LogP contribution in [-0.4, -0.2) is 42.3 Å². The molecule has 0 N–H and O–H groups in total. The summed E-state index contributed by atoms with van der Waals surface area (Å²) in [5.41, 5.74) is 0.572. The van der Waals surface area contributed by atoms with E-state index in [0.717, 1.165) is 12.2 Å². The van der Waals surface area contributed by atoms with Crippen molar-refractivity contribution in [3.63, 3.8) is 0 Å². The Kier molecular flexibility index (Phi) is 6.36. The van der Waals surface area contributed by atoms with Crippen molar-refractivity contribution in [1.82, 2.24) is 4.90 Å². The minimum atomic E-state index is -0.311. The Morgan fingerprint density at radius 1 is 1.39 bits per heavy atom. The van der Waals surface area contributed by atoms with Gasteiger partial charge in [0.1, 0.15) is 5.82 Å². The van der Waals surface area contributed by atoms with Crippen LogP contribution in [-0.2, 0) is 0 Å². The van der Waals surface area contributed by atoms with Crippen molar-refractivity contribution >= 4 is 17.5 Å². The first kappa shape index (κ1) is 15.2. The molecule has 0 aliphatic heterocycles.